The molecule has 0 saturated heterocycles. The highest BCUT2D eigenvalue weighted by Crippen LogP contribution is 2.00. The summed E-state index contributed by atoms with van der Waals surface area (Å²) in [6, 6.07) is 4.30. The molecule has 0 atom stereocenters. The molecule has 0 aliphatic heterocycles. The lowest BCUT2D eigenvalue weighted by molar-refractivity contribution is 1.64. The summed E-state index contributed by atoms with van der Waals surface area (Å²) in [5.74, 6) is 0. The SMILES string of the molecule is Cc1ccc([SiH2])s1. The van der Waals surface area contributed by atoms with Gasteiger partial charge in [-0.25, -0.2) is 0 Å². The molecule has 0 nitrogen and oxygen atoms in total. The van der Waals surface area contributed by atoms with E-state index in [9.17, 15) is 0 Å². The van der Waals surface area contributed by atoms with E-state index in [0.29, 0.717) is 0 Å². The summed E-state index contributed by atoms with van der Waals surface area (Å²) >= 11 is 1.85. The molecule has 0 aromatic carbocycles. The van der Waals surface area contributed by atoms with Crippen LogP contribution < -0.4 is 4.50 Å². The molecule has 0 unspecified atom stereocenters. The number of rotatable bonds is 0. The lowest BCUT2D eigenvalue weighted by Gasteiger charge is -1.71. The molecule has 2 heteroatoms. The number of aryl methyl sites for hydroxylation is 1. The van der Waals surface area contributed by atoms with E-state index < -0.39 is 0 Å². The maximum atomic E-state index is 2.15. The van der Waals surface area contributed by atoms with Crippen LogP contribution in [-0.2, 0) is 0 Å². The standard InChI is InChI=1S/C5H7SSi/c1-4-2-3-5(7)6-4/h2-3H,7H2,1H3. The van der Waals surface area contributed by atoms with Crippen molar-refractivity contribution in [2.45, 2.75) is 6.92 Å². The summed E-state index contributed by atoms with van der Waals surface area (Å²) in [5.41, 5.74) is 0. The van der Waals surface area contributed by atoms with E-state index in [-0.39, 0.29) is 0 Å². The smallest absolute Gasteiger partial charge is 0.0613 e. The third kappa shape index (κ3) is 1.14. The van der Waals surface area contributed by atoms with Crippen molar-refractivity contribution in [2.75, 3.05) is 0 Å². The highest BCUT2D eigenvalue weighted by molar-refractivity contribution is 7.19. The van der Waals surface area contributed by atoms with Crippen molar-refractivity contribution in [1.82, 2.24) is 0 Å². The first-order chi connectivity index (χ1) is 3.29. The van der Waals surface area contributed by atoms with Gasteiger partial charge in [-0.15, -0.1) is 0 Å². The highest BCUT2D eigenvalue weighted by atomic mass is 32.1. The zero-order valence-corrected chi connectivity index (χ0v) is 6.50. The van der Waals surface area contributed by atoms with Gasteiger partial charge >= 0.3 is 0 Å². The van der Waals surface area contributed by atoms with Gasteiger partial charge in [0, 0.05) is 4.88 Å². The van der Waals surface area contributed by atoms with Crippen molar-refractivity contribution in [3.63, 3.8) is 0 Å². The highest BCUT2D eigenvalue weighted by Gasteiger charge is 1.84. The molecular formula is C5H7SSi. The van der Waals surface area contributed by atoms with Crippen LogP contribution in [0.3, 0.4) is 0 Å². The molecule has 0 fully saturated rings. The summed E-state index contributed by atoms with van der Waals surface area (Å²) in [6.45, 7) is 2.13. The van der Waals surface area contributed by atoms with Gasteiger partial charge < -0.3 is 0 Å². The maximum absolute atomic E-state index is 2.15. The van der Waals surface area contributed by atoms with Gasteiger partial charge in [-0.3, -0.25) is 0 Å². The first-order valence-corrected chi connectivity index (χ1v) is 3.70. The van der Waals surface area contributed by atoms with Crippen LogP contribution in [-0.4, -0.2) is 10.2 Å². The van der Waals surface area contributed by atoms with Crippen LogP contribution in [0.2, 0.25) is 0 Å². The van der Waals surface area contributed by atoms with E-state index in [4.69, 9.17) is 0 Å². The van der Waals surface area contributed by atoms with E-state index in [1.54, 1.807) is 0 Å². The van der Waals surface area contributed by atoms with Crippen molar-refractivity contribution in [3.05, 3.63) is 17.0 Å². The largest absolute Gasteiger partial charge is 0.151 e. The van der Waals surface area contributed by atoms with Gasteiger partial charge in [0.05, 0.1) is 10.2 Å². The Morgan fingerprint density at radius 1 is 1.57 bits per heavy atom. The van der Waals surface area contributed by atoms with E-state index >= 15 is 0 Å². The summed E-state index contributed by atoms with van der Waals surface area (Å²) < 4.78 is 1.43. The van der Waals surface area contributed by atoms with Gasteiger partial charge in [0.15, 0.2) is 0 Å². The third-order valence-electron chi connectivity index (χ3n) is 0.796. The molecule has 0 aliphatic carbocycles. The van der Waals surface area contributed by atoms with Gasteiger partial charge in [0.1, 0.15) is 0 Å². The minimum absolute atomic E-state index is 1.41. The average Bonchev–Trinajstić information content (AvgIpc) is 1.87. The molecule has 1 radical (unpaired) electrons. The molecule has 0 saturated carbocycles. The van der Waals surface area contributed by atoms with Crippen LogP contribution >= 0.6 is 11.3 Å². The number of thiophene rings is 1. The van der Waals surface area contributed by atoms with E-state index in [1.807, 2.05) is 21.6 Å². The Labute approximate surface area is 50.6 Å². The molecule has 1 aromatic heterocycles. The fraction of sp³-hybridized carbons (Fsp3) is 0.200. The first kappa shape index (κ1) is 5.06. The predicted octanol–water partition coefficient (Wildman–Crippen LogP) is 0.315. The van der Waals surface area contributed by atoms with Crippen molar-refractivity contribution < 1.29 is 0 Å². The molecule has 1 heterocycles. The van der Waals surface area contributed by atoms with Crippen molar-refractivity contribution in [3.8, 4) is 0 Å². The Morgan fingerprint density at radius 3 is 2.43 bits per heavy atom. The van der Waals surface area contributed by atoms with Crippen molar-refractivity contribution >= 4 is 26.1 Å². The minimum Gasteiger partial charge on any atom is -0.151 e. The molecule has 1 rings (SSSR count). The fourth-order valence-electron chi connectivity index (χ4n) is 0.485. The summed E-state index contributed by atoms with van der Waals surface area (Å²) in [7, 11) is 1.94. The van der Waals surface area contributed by atoms with Gasteiger partial charge in [-0.2, -0.15) is 11.3 Å². The van der Waals surface area contributed by atoms with Crippen LogP contribution in [0.4, 0.5) is 0 Å². The lowest BCUT2D eigenvalue weighted by atomic mass is 10.5. The summed E-state index contributed by atoms with van der Waals surface area (Å²) in [5, 5.41) is 0. The molecule has 0 amide bonds. The normalized spacial score (nSPS) is 9.43. The predicted molar refractivity (Wildman–Crippen MR) is 37.2 cm³/mol. The summed E-state index contributed by atoms with van der Waals surface area (Å²) in [6.07, 6.45) is 0. The van der Waals surface area contributed by atoms with Gasteiger partial charge in [-0.05, 0) is 17.5 Å². The quantitative estimate of drug-likeness (QED) is 0.440. The average molecular weight is 127 g/mol. The monoisotopic (exact) mass is 127 g/mol. The van der Waals surface area contributed by atoms with Crippen LogP contribution in [0, 0.1) is 6.92 Å². The molecular weight excluding hydrogens is 120 g/mol. The second kappa shape index (κ2) is 1.80. The molecule has 0 N–H and O–H groups in total. The van der Waals surface area contributed by atoms with Gasteiger partial charge in [0.25, 0.3) is 0 Å². The second-order valence-corrected chi connectivity index (χ2v) is 4.16. The van der Waals surface area contributed by atoms with Crippen molar-refractivity contribution in [2.24, 2.45) is 0 Å². The minimum atomic E-state index is 1.41. The maximum Gasteiger partial charge on any atom is 0.0613 e. The molecule has 0 spiro atoms. The van der Waals surface area contributed by atoms with E-state index in [2.05, 4.69) is 19.1 Å². The van der Waals surface area contributed by atoms with Crippen LogP contribution in [0.15, 0.2) is 12.1 Å². The molecule has 0 bridgehead atoms. The molecule has 7 heavy (non-hydrogen) atoms. The Kier molecular flexibility index (Phi) is 1.30. The van der Waals surface area contributed by atoms with Gasteiger partial charge in [0.2, 0.25) is 0 Å². The molecule has 1 aromatic rings. The zero-order chi connectivity index (χ0) is 5.28. The van der Waals surface area contributed by atoms with Crippen molar-refractivity contribution in [1.29, 1.82) is 0 Å². The number of hydrogen-bond donors (Lipinski definition) is 0. The van der Waals surface area contributed by atoms with E-state index in [1.165, 1.54) is 9.38 Å². The third-order valence-corrected chi connectivity index (χ3v) is 2.32. The lowest BCUT2D eigenvalue weighted by Crippen LogP contribution is -1.88. The van der Waals surface area contributed by atoms with E-state index in [0.717, 1.165) is 0 Å². The number of hydrogen-bond acceptors (Lipinski definition) is 1. The topological polar surface area (TPSA) is 0 Å². The fourth-order valence-corrected chi connectivity index (χ4v) is 1.97. The Morgan fingerprint density at radius 2 is 2.29 bits per heavy atom. The molecule has 37 valence electrons. The first-order valence-electron chi connectivity index (χ1n) is 2.17. The summed E-state index contributed by atoms with van der Waals surface area (Å²) in [4.78, 5) is 1.41. The Hall–Kier alpha value is -0.0831. The Bertz CT molecular complexity index is 140. The van der Waals surface area contributed by atoms with Crippen LogP contribution in [0.1, 0.15) is 4.88 Å². The van der Waals surface area contributed by atoms with Crippen LogP contribution in [0.25, 0.3) is 0 Å². The second-order valence-electron chi connectivity index (χ2n) is 1.51. The van der Waals surface area contributed by atoms with Gasteiger partial charge in [-0.1, -0.05) is 6.07 Å². The molecule has 0 aliphatic rings. The zero-order valence-electron chi connectivity index (χ0n) is 4.27. The van der Waals surface area contributed by atoms with Crippen LogP contribution in [0.5, 0.6) is 0 Å². The Balaban J connectivity index is 3.04.